The number of benzene rings is 2. The molecule has 0 unspecified atom stereocenters. The summed E-state index contributed by atoms with van der Waals surface area (Å²) in [6.45, 7) is 3.22. The average Bonchev–Trinajstić information content (AvgIpc) is 3.16. The van der Waals surface area contributed by atoms with E-state index in [0.717, 1.165) is 29.0 Å². The van der Waals surface area contributed by atoms with Gasteiger partial charge in [0, 0.05) is 30.1 Å². The van der Waals surface area contributed by atoms with Gasteiger partial charge < -0.3 is 9.47 Å². The summed E-state index contributed by atoms with van der Waals surface area (Å²) in [4.78, 5) is 19.3. The van der Waals surface area contributed by atoms with Crippen LogP contribution in [0.1, 0.15) is 40.5 Å². The molecule has 0 bridgehead atoms. The molecule has 5 rings (SSSR count). The molecule has 6 heteroatoms. The van der Waals surface area contributed by atoms with E-state index >= 15 is 0 Å². The lowest BCUT2D eigenvalue weighted by Gasteiger charge is -2.32. The van der Waals surface area contributed by atoms with Crippen LogP contribution in [0.4, 0.5) is 0 Å². The van der Waals surface area contributed by atoms with Gasteiger partial charge in [0.15, 0.2) is 5.82 Å². The number of hydrogen-bond donors (Lipinski definition) is 0. The van der Waals surface area contributed by atoms with Crippen LogP contribution in [0.3, 0.4) is 0 Å². The molecule has 4 aromatic rings. The average molecular weight is 383 g/mol. The summed E-state index contributed by atoms with van der Waals surface area (Å²) in [5.41, 5.74) is 2.77. The van der Waals surface area contributed by atoms with Crippen molar-refractivity contribution in [1.82, 2.24) is 24.6 Å². The highest BCUT2D eigenvalue weighted by Crippen LogP contribution is 2.25. The van der Waals surface area contributed by atoms with E-state index in [1.54, 1.807) is 6.20 Å². The molecule has 6 nitrogen and oxygen atoms in total. The fourth-order valence-corrected chi connectivity index (χ4v) is 4.06. The lowest BCUT2D eigenvalue weighted by atomic mass is 10.1. The van der Waals surface area contributed by atoms with Gasteiger partial charge in [-0.15, -0.1) is 10.2 Å². The molecule has 1 amide bonds. The van der Waals surface area contributed by atoms with Crippen molar-refractivity contribution in [2.45, 2.75) is 25.9 Å². The number of pyridine rings is 1. The van der Waals surface area contributed by atoms with Gasteiger partial charge >= 0.3 is 0 Å². The minimum Gasteiger partial charge on any atom is -0.329 e. The minimum atomic E-state index is 0.0152. The third-order valence-corrected chi connectivity index (χ3v) is 5.44. The van der Waals surface area contributed by atoms with Crippen molar-refractivity contribution >= 4 is 16.8 Å². The molecule has 2 aromatic heterocycles. The second kappa shape index (κ2) is 7.13. The van der Waals surface area contributed by atoms with E-state index in [4.69, 9.17) is 0 Å². The van der Waals surface area contributed by atoms with Crippen molar-refractivity contribution in [2.24, 2.45) is 0 Å². The normalized spacial score (nSPS) is 16.0. The zero-order chi connectivity index (χ0) is 19.8. The Kier molecular flexibility index (Phi) is 4.31. The molecule has 0 fully saturated rings. The van der Waals surface area contributed by atoms with Crippen molar-refractivity contribution in [3.8, 4) is 0 Å². The van der Waals surface area contributed by atoms with Crippen LogP contribution in [-0.2, 0) is 13.0 Å². The van der Waals surface area contributed by atoms with E-state index in [2.05, 4.69) is 38.8 Å². The Labute approximate surface area is 168 Å². The lowest BCUT2D eigenvalue weighted by molar-refractivity contribution is 0.0680. The fraction of sp³-hybridized carbons (Fsp3) is 0.217. The molecule has 0 N–H and O–H groups in total. The zero-order valence-corrected chi connectivity index (χ0v) is 16.2. The van der Waals surface area contributed by atoms with Gasteiger partial charge in [0.1, 0.15) is 5.82 Å². The smallest absolute Gasteiger partial charge is 0.254 e. The van der Waals surface area contributed by atoms with Crippen molar-refractivity contribution in [1.29, 1.82) is 0 Å². The van der Waals surface area contributed by atoms with Gasteiger partial charge in [-0.1, -0.05) is 36.4 Å². The Morgan fingerprint density at radius 1 is 1.07 bits per heavy atom. The third-order valence-electron chi connectivity index (χ3n) is 5.44. The van der Waals surface area contributed by atoms with E-state index in [0.29, 0.717) is 18.7 Å². The van der Waals surface area contributed by atoms with Gasteiger partial charge in [0.05, 0.1) is 18.1 Å². The molecule has 0 spiro atoms. The van der Waals surface area contributed by atoms with E-state index in [1.165, 1.54) is 5.56 Å². The highest BCUT2D eigenvalue weighted by Gasteiger charge is 2.29. The van der Waals surface area contributed by atoms with Crippen LogP contribution in [0.25, 0.3) is 10.9 Å². The van der Waals surface area contributed by atoms with Gasteiger partial charge in [-0.25, -0.2) is 0 Å². The first kappa shape index (κ1) is 17.6. The molecule has 1 aliphatic rings. The van der Waals surface area contributed by atoms with E-state index < -0.39 is 0 Å². The van der Waals surface area contributed by atoms with Gasteiger partial charge in [-0.2, -0.15) is 0 Å². The Hall–Kier alpha value is -3.54. The third kappa shape index (κ3) is 3.27. The standard InChI is InChI=1S/C23H21N5O/c1-16-14-27(23(29)19-9-10-20-18(13-19)8-5-11-24-20)15-22-26-25-21(28(16)22)12-17-6-3-2-4-7-17/h2-11,13,16H,12,14-15H2,1H3/t16-/m0/s1. The molecule has 1 atom stereocenters. The van der Waals surface area contributed by atoms with Crippen LogP contribution in [0.2, 0.25) is 0 Å². The molecule has 2 aromatic carbocycles. The molecule has 0 radical (unpaired) electrons. The van der Waals surface area contributed by atoms with Crippen molar-refractivity contribution < 1.29 is 4.79 Å². The molecule has 1 aliphatic heterocycles. The van der Waals surface area contributed by atoms with Crippen LogP contribution in [0.15, 0.2) is 66.9 Å². The van der Waals surface area contributed by atoms with Gasteiger partial charge in [0.25, 0.3) is 5.91 Å². The van der Waals surface area contributed by atoms with Crippen molar-refractivity contribution in [3.63, 3.8) is 0 Å². The zero-order valence-electron chi connectivity index (χ0n) is 16.2. The van der Waals surface area contributed by atoms with Crippen molar-refractivity contribution in [2.75, 3.05) is 6.54 Å². The van der Waals surface area contributed by atoms with E-state index in [1.807, 2.05) is 53.4 Å². The summed E-state index contributed by atoms with van der Waals surface area (Å²) in [7, 11) is 0. The Bertz CT molecular complexity index is 1180. The quantitative estimate of drug-likeness (QED) is 0.542. The number of carbonyl (C=O) groups is 1. The number of fused-ring (bicyclic) bond motifs is 2. The van der Waals surface area contributed by atoms with Crippen LogP contribution in [-0.4, -0.2) is 37.1 Å². The lowest BCUT2D eigenvalue weighted by Crippen LogP contribution is -2.40. The van der Waals surface area contributed by atoms with Crippen LogP contribution in [0.5, 0.6) is 0 Å². The summed E-state index contributed by atoms with van der Waals surface area (Å²) in [5.74, 6) is 1.80. The number of rotatable bonds is 3. The first-order valence-corrected chi connectivity index (χ1v) is 9.79. The summed E-state index contributed by atoms with van der Waals surface area (Å²) in [6.07, 6.45) is 2.50. The van der Waals surface area contributed by atoms with Crippen LogP contribution >= 0.6 is 0 Å². The number of amides is 1. The van der Waals surface area contributed by atoms with Gasteiger partial charge in [-0.3, -0.25) is 9.78 Å². The maximum atomic E-state index is 13.1. The summed E-state index contributed by atoms with van der Waals surface area (Å²) >= 11 is 0. The molecule has 3 heterocycles. The second-order valence-electron chi connectivity index (χ2n) is 7.51. The number of hydrogen-bond acceptors (Lipinski definition) is 4. The molecule has 0 aliphatic carbocycles. The van der Waals surface area contributed by atoms with Crippen LogP contribution < -0.4 is 0 Å². The van der Waals surface area contributed by atoms with Crippen molar-refractivity contribution in [3.05, 3.63) is 89.6 Å². The molecular weight excluding hydrogens is 362 g/mol. The predicted molar refractivity (Wildman–Crippen MR) is 110 cm³/mol. The summed E-state index contributed by atoms with van der Waals surface area (Å²) < 4.78 is 2.18. The largest absolute Gasteiger partial charge is 0.329 e. The topological polar surface area (TPSA) is 63.9 Å². The Morgan fingerprint density at radius 2 is 1.93 bits per heavy atom. The molecule has 29 heavy (non-hydrogen) atoms. The first-order valence-electron chi connectivity index (χ1n) is 9.79. The maximum Gasteiger partial charge on any atom is 0.254 e. The summed E-state index contributed by atoms with van der Waals surface area (Å²) in [6, 6.07) is 19.9. The SMILES string of the molecule is C[C@H]1CN(C(=O)c2ccc3ncccc3c2)Cc2nnc(Cc3ccccc3)n21. The fourth-order valence-electron chi connectivity index (χ4n) is 4.06. The van der Waals surface area contributed by atoms with Gasteiger partial charge in [0.2, 0.25) is 0 Å². The molecule has 144 valence electrons. The monoisotopic (exact) mass is 383 g/mol. The first-order chi connectivity index (χ1) is 14.2. The second-order valence-corrected chi connectivity index (χ2v) is 7.51. The Balaban J connectivity index is 1.40. The highest BCUT2D eigenvalue weighted by molar-refractivity contribution is 5.98. The minimum absolute atomic E-state index is 0.0152. The number of aromatic nitrogens is 4. The summed E-state index contributed by atoms with van der Waals surface area (Å²) in [5, 5.41) is 9.78. The number of carbonyl (C=O) groups excluding carboxylic acids is 1. The number of nitrogens with zero attached hydrogens (tertiary/aromatic N) is 5. The van der Waals surface area contributed by atoms with Gasteiger partial charge in [-0.05, 0) is 36.8 Å². The molecular formula is C23H21N5O. The Morgan fingerprint density at radius 3 is 2.79 bits per heavy atom. The highest BCUT2D eigenvalue weighted by atomic mass is 16.2. The molecule has 0 saturated carbocycles. The van der Waals surface area contributed by atoms with Crippen LogP contribution in [0, 0.1) is 0 Å². The predicted octanol–water partition coefficient (Wildman–Crippen LogP) is 3.63. The van der Waals surface area contributed by atoms with E-state index in [-0.39, 0.29) is 11.9 Å². The maximum absolute atomic E-state index is 13.1. The molecule has 0 saturated heterocycles. The van der Waals surface area contributed by atoms with E-state index in [9.17, 15) is 4.79 Å².